The number of allylic oxidation sites excluding steroid dienone is 1. The molecular formula is C21H20O6. The van der Waals surface area contributed by atoms with Crippen LogP contribution in [0.5, 0.6) is 17.2 Å². The largest absolute Gasteiger partial charge is 0.494 e. The van der Waals surface area contributed by atoms with Gasteiger partial charge in [-0.05, 0) is 49.2 Å². The number of hydrogen-bond acceptors (Lipinski definition) is 6. The topological polar surface area (TPSA) is 71.1 Å². The van der Waals surface area contributed by atoms with Gasteiger partial charge in [0.05, 0.1) is 12.2 Å². The summed E-state index contributed by atoms with van der Waals surface area (Å²) in [5, 5.41) is 0. The Morgan fingerprint density at radius 1 is 1.15 bits per heavy atom. The third kappa shape index (κ3) is 4.17. The van der Waals surface area contributed by atoms with Crippen molar-refractivity contribution in [1.82, 2.24) is 0 Å². The summed E-state index contributed by atoms with van der Waals surface area (Å²) in [6, 6.07) is 10.5. The number of carbonyl (C=O) groups excluding carboxylic acids is 2. The maximum absolute atomic E-state index is 12.7. The number of ketones is 1. The molecule has 2 aromatic carbocycles. The Kier molecular flexibility index (Phi) is 5.57. The quantitative estimate of drug-likeness (QED) is 0.441. The van der Waals surface area contributed by atoms with E-state index in [4.69, 9.17) is 18.9 Å². The number of fused-ring (bicyclic) bond motifs is 1. The summed E-state index contributed by atoms with van der Waals surface area (Å²) in [4.78, 5) is 24.3. The smallest absolute Gasteiger partial charge is 0.337 e. The van der Waals surface area contributed by atoms with E-state index >= 15 is 0 Å². The minimum absolute atomic E-state index is 0.154. The van der Waals surface area contributed by atoms with E-state index in [1.807, 2.05) is 31.2 Å². The number of esters is 1. The first-order valence-corrected chi connectivity index (χ1v) is 8.53. The second-order valence-corrected chi connectivity index (χ2v) is 5.96. The van der Waals surface area contributed by atoms with Gasteiger partial charge in [0.2, 0.25) is 5.78 Å². The van der Waals surface area contributed by atoms with Gasteiger partial charge in [-0.25, -0.2) is 4.79 Å². The summed E-state index contributed by atoms with van der Waals surface area (Å²) in [5.74, 6) is 0.941. The summed E-state index contributed by atoms with van der Waals surface area (Å²) in [6.07, 6.45) is 1.67. The molecule has 0 fully saturated rings. The Balaban J connectivity index is 1.83. The molecule has 0 N–H and O–H groups in total. The highest BCUT2D eigenvalue weighted by Gasteiger charge is 2.30. The van der Waals surface area contributed by atoms with Crippen LogP contribution in [0.25, 0.3) is 6.08 Å². The van der Waals surface area contributed by atoms with Crippen molar-refractivity contribution < 1.29 is 28.5 Å². The first-order chi connectivity index (χ1) is 13.0. The minimum Gasteiger partial charge on any atom is -0.494 e. The normalized spacial score (nSPS) is 14.0. The van der Waals surface area contributed by atoms with Crippen molar-refractivity contribution in [3.8, 4) is 17.2 Å². The van der Waals surface area contributed by atoms with Gasteiger partial charge in [0.15, 0.2) is 5.76 Å². The zero-order valence-electron chi connectivity index (χ0n) is 15.4. The molecule has 140 valence electrons. The number of Topliss-reactive ketones (excluding diaryl/α,β-unsaturated/α-hetero) is 1. The maximum atomic E-state index is 12.7. The predicted molar refractivity (Wildman–Crippen MR) is 99.2 cm³/mol. The molecule has 0 saturated carbocycles. The fourth-order valence-electron chi connectivity index (χ4n) is 2.79. The van der Waals surface area contributed by atoms with Gasteiger partial charge in [-0.15, -0.1) is 0 Å². The summed E-state index contributed by atoms with van der Waals surface area (Å²) in [7, 11) is 1.41. The molecule has 0 saturated heterocycles. The molecule has 0 atom stereocenters. The zero-order chi connectivity index (χ0) is 19.4. The van der Waals surface area contributed by atoms with Gasteiger partial charge < -0.3 is 18.9 Å². The fraction of sp³-hybridized carbons (Fsp3) is 0.238. The van der Waals surface area contributed by atoms with Crippen LogP contribution in [0.15, 0.2) is 42.2 Å². The Morgan fingerprint density at radius 3 is 2.56 bits per heavy atom. The van der Waals surface area contributed by atoms with Crippen molar-refractivity contribution in [1.29, 1.82) is 0 Å². The summed E-state index contributed by atoms with van der Waals surface area (Å²) in [5.41, 5.74) is 1.96. The molecule has 0 amide bonds. The van der Waals surface area contributed by atoms with E-state index in [9.17, 15) is 9.59 Å². The number of rotatable bonds is 6. The predicted octanol–water partition coefficient (Wildman–Crippen LogP) is 3.56. The van der Waals surface area contributed by atoms with Crippen LogP contribution in [0.1, 0.15) is 28.4 Å². The lowest BCUT2D eigenvalue weighted by Crippen LogP contribution is -2.14. The Labute approximate surface area is 157 Å². The van der Waals surface area contributed by atoms with Crippen LogP contribution in [-0.4, -0.2) is 32.1 Å². The van der Waals surface area contributed by atoms with Crippen LogP contribution >= 0.6 is 0 Å². The average molecular weight is 368 g/mol. The highest BCUT2D eigenvalue weighted by molar-refractivity contribution is 6.15. The Bertz CT molecular complexity index is 896. The first-order valence-electron chi connectivity index (χ1n) is 8.53. The van der Waals surface area contributed by atoms with Gasteiger partial charge >= 0.3 is 5.97 Å². The van der Waals surface area contributed by atoms with Gasteiger partial charge in [-0.2, -0.15) is 0 Å². The number of ether oxygens (including phenoxy) is 4. The Morgan fingerprint density at radius 2 is 1.89 bits per heavy atom. The molecule has 6 nitrogen and oxygen atoms in total. The van der Waals surface area contributed by atoms with E-state index in [1.165, 1.54) is 13.2 Å². The molecule has 0 radical (unpaired) electrons. The monoisotopic (exact) mass is 368 g/mol. The number of benzene rings is 2. The molecule has 2 aromatic rings. The lowest BCUT2D eigenvalue weighted by Gasteiger charge is -2.07. The third-order valence-electron chi connectivity index (χ3n) is 3.93. The average Bonchev–Trinajstić information content (AvgIpc) is 2.93. The van der Waals surface area contributed by atoms with Crippen molar-refractivity contribution in [2.45, 2.75) is 13.8 Å². The van der Waals surface area contributed by atoms with Gasteiger partial charge in [-0.3, -0.25) is 4.79 Å². The SMILES string of the molecule is CCOc1ccc(/C=C2\Oc3cc(OC(=O)COC)cc(C)c3C2=O)cc1. The first kappa shape index (κ1) is 18.7. The zero-order valence-corrected chi connectivity index (χ0v) is 15.4. The molecule has 0 unspecified atom stereocenters. The van der Waals surface area contributed by atoms with E-state index in [0.29, 0.717) is 29.2 Å². The molecule has 0 aromatic heterocycles. The van der Waals surface area contributed by atoms with Crippen LogP contribution < -0.4 is 14.2 Å². The van der Waals surface area contributed by atoms with E-state index in [-0.39, 0.29) is 18.1 Å². The molecule has 6 heteroatoms. The van der Waals surface area contributed by atoms with Crippen molar-refractivity contribution in [2.75, 3.05) is 20.3 Å². The lowest BCUT2D eigenvalue weighted by atomic mass is 10.0. The van der Waals surface area contributed by atoms with Crippen molar-refractivity contribution in [3.05, 3.63) is 58.8 Å². The molecular weight excluding hydrogens is 348 g/mol. The van der Waals surface area contributed by atoms with Crippen molar-refractivity contribution >= 4 is 17.8 Å². The van der Waals surface area contributed by atoms with Gasteiger partial charge in [0.1, 0.15) is 23.9 Å². The summed E-state index contributed by atoms with van der Waals surface area (Å²) in [6.45, 7) is 4.13. The summed E-state index contributed by atoms with van der Waals surface area (Å²) < 4.78 is 21.1. The summed E-state index contributed by atoms with van der Waals surface area (Å²) >= 11 is 0. The van der Waals surface area contributed by atoms with Crippen LogP contribution in [0.4, 0.5) is 0 Å². The number of carbonyl (C=O) groups is 2. The van der Waals surface area contributed by atoms with E-state index in [1.54, 1.807) is 19.1 Å². The van der Waals surface area contributed by atoms with E-state index < -0.39 is 5.97 Å². The van der Waals surface area contributed by atoms with Crippen LogP contribution in [0, 0.1) is 6.92 Å². The van der Waals surface area contributed by atoms with E-state index in [2.05, 4.69) is 0 Å². The molecule has 3 rings (SSSR count). The van der Waals surface area contributed by atoms with Gasteiger partial charge in [0, 0.05) is 13.2 Å². The van der Waals surface area contributed by atoms with Gasteiger partial charge in [0.25, 0.3) is 0 Å². The van der Waals surface area contributed by atoms with E-state index in [0.717, 1.165) is 11.3 Å². The van der Waals surface area contributed by atoms with Crippen LogP contribution in [-0.2, 0) is 9.53 Å². The number of aryl methyl sites for hydroxylation is 1. The second kappa shape index (κ2) is 8.05. The highest BCUT2D eigenvalue weighted by atomic mass is 16.6. The molecule has 0 aliphatic carbocycles. The lowest BCUT2D eigenvalue weighted by molar-refractivity contribution is -0.138. The standard InChI is InChI=1S/C21H20O6/c1-4-25-15-7-5-14(6-8-15)10-18-21(23)20-13(2)9-16(11-17(20)27-18)26-19(22)12-24-3/h5-11H,4,12H2,1-3H3/b18-10-. The minimum atomic E-state index is -0.522. The van der Waals surface area contributed by atoms with Crippen LogP contribution in [0.3, 0.4) is 0 Å². The van der Waals surface area contributed by atoms with Crippen LogP contribution in [0.2, 0.25) is 0 Å². The maximum Gasteiger partial charge on any atom is 0.337 e. The number of hydrogen-bond donors (Lipinski definition) is 0. The molecule has 0 spiro atoms. The third-order valence-corrected chi connectivity index (χ3v) is 3.93. The molecule has 1 aliphatic rings. The fourth-order valence-corrected chi connectivity index (χ4v) is 2.79. The molecule has 1 heterocycles. The van der Waals surface area contributed by atoms with Crippen molar-refractivity contribution in [3.63, 3.8) is 0 Å². The molecule has 27 heavy (non-hydrogen) atoms. The molecule has 1 aliphatic heterocycles. The second-order valence-electron chi connectivity index (χ2n) is 5.96. The number of methoxy groups -OCH3 is 1. The van der Waals surface area contributed by atoms with Gasteiger partial charge in [-0.1, -0.05) is 12.1 Å². The highest BCUT2D eigenvalue weighted by Crippen LogP contribution is 2.37. The van der Waals surface area contributed by atoms with Crippen molar-refractivity contribution in [2.24, 2.45) is 0 Å². The Hall–Kier alpha value is -3.12. The molecule has 0 bridgehead atoms.